The molecule has 3 N–H and O–H groups in total. The number of amides is 5. The van der Waals surface area contributed by atoms with E-state index in [4.69, 9.17) is 9.47 Å². The van der Waals surface area contributed by atoms with Crippen molar-refractivity contribution < 1.29 is 46.3 Å². The van der Waals surface area contributed by atoms with Crippen LogP contribution in [0.4, 0.5) is 14.0 Å². The van der Waals surface area contributed by atoms with E-state index >= 15 is 0 Å². The fraction of sp³-hybridized carbons (Fsp3) is 0.571. The lowest BCUT2D eigenvalue weighted by atomic mass is 10.1. The van der Waals surface area contributed by atoms with E-state index in [9.17, 15) is 36.8 Å². The Kier molecular flexibility index (Phi) is 9.67. The van der Waals surface area contributed by atoms with Gasteiger partial charge < -0.3 is 25.0 Å². The highest BCUT2D eigenvalue weighted by molar-refractivity contribution is 7.91. The summed E-state index contributed by atoms with van der Waals surface area (Å²) >= 11 is 0. The number of allylic oxidation sites excluding steroid dienone is 1. The van der Waals surface area contributed by atoms with Crippen molar-refractivity contribution >= 4 is 39.9 Å². The smallest absolute Gasteiger partial charge is 0.410 e. The van der Waals surface area contributed by atoms with E-state index in [1.54, 1.807) is 39.0 Å². The number of rotatable bonds is 8. The molecule has 2 aliphatic carbocycles. The normalized spacial score (nSPS) is 28.7. The van der Waals surface area contributed by atoms with E-state index in [2.05, 4.69) is 21.9 Å². The van der Waals surface area contributed by atoms with Gasteiger partial charge in [0.1, 0.15) is 35.1 Å². The Morgan fingerprint density at radius 2 is 1.84 bits per heavy atom. The lowest BCUT2D eigenvalue weighted by Gasteiger charge is -2.34. The third-order valence-corrected chi connectivity index (χ3v) is 11.8. The van der Waals surface area contributed by atoms with Crippen LogP contribution >= 0.6 is 0 Å². The number of halogens is 1. The van der Waals surface area contributed by atoms with Crippen LogP contribution in [0.15, 0.2) is 43.0 Å². The standard InChI is InChI=1S/C35H44FN5O9S/c1-5-21-17-35(21,31(44)39-51(47,48)22-14-15-22)38-29(42)27-16-28(49-33(46)40-18-20-10-9-11-24(36)23(20)19-40)26-13-8-6-7-12-25(30(43)41(26)27)37-32(45)50-34(2,3)4/h5-7,9-11,21-22,25-28H,1,8,12-19H2,2-4H3,(H,37,45)(H,38,42)(H,39,44)/t21-,25+,26+,27+,28-,35-/m1/s1. The van der Waals surface area contributed by atoms with Crippen LogP contribution in [0.5, 0.6) is 0 Å². The van der Waals surface area contributed by atoms with Crippen LogP contribution in [0.3, 0.4) is 0 Å². The van der Waals surface area contributed by atoms with Crippen LogP contribution in [0.1, 0.15) is 76.8 Å². The molecule has 6 rings (SSSR count). The molecule has 5 amide bonds. The zero-order valence-electron chi connectivity index (χ0n) is 28.9. The molecule has 16 heteroatoms. The summed E-state index contributed by atoms with van der Waals surface area (Å²) in [6.07, 6.45) is 4.08. The maximum absolute atomic E-state index is 14.5. The summed E-state index contributed by atoms with van der Waals surface area (Å²) in [5.41, 5.74) is -1.45. The first-order valence-corrected chi connectivity index (χ1v) is 18.8. The van der Waals surface area contributed by atoms with Gasteiger partial charge in [-0.05, 0) is 70.9 Å². The van der Waals surface area contributed by atoms with Crippen LogP contribution in [0.25, 0.3) is 0 Å². The SMILES string of the molecule is C=C[C@@H]1C[C@]1(NC(=O)[C@@H]1C[C@@H](OC(=O)N2Cc3cccc(F)c3C2)[C@@H]2CCC=CC[C@H](NC(=O)OC(C)(C)C)C(=O)N12)C(=O)NS(=O)(=O)C1CC1. The fourth-order valence-electron chi connectivity index (χ4n) is 7.10. The van der Waals surface area contributed by atoms with Gasteiger partial charge in [0, 0.05) is 24.4 Å². The number of sulfonamides is 1. The van der Waals surface area contributed by atoms with Crippen molar-refractivity contribution in [1.82, 2.24) is 25.2 Å². The highest BCUT2D eigenvalue weighted by Crippen LogP contribution is 2.46. The fourth-order valence-corrected chi connectivity index (χ4v) is 8.47. The molecule has 1 aromatic rings. The molecule has 276 valence electrons. The van der Waals surface area contributed by atoms with Gasteiger partial charge in [-0.3, -0.25) is 24.0 Å². The molecule has 0 spiro atoms. The lowest BCUT2D eigenvalue weighted by molar-refractivity contribution is -0.143. The molecule has 0 radical (unpaired) electrons. The molecule has 6 atom stereocenters. The molecule has 0 unspecified atom stereocenters. The second kappa shape index (κ2) is 13.6. The Hall–Kier alpha value is -4.47. The van der Waals surface area contributed by atoms with Gasteiger partial charge in [-0.25, -0.2) is 22.4 Å². The minimum atomic E-state index is -3.94. The van der Waals surface area contributed by atoms with Gasteiger partial charge >= 0.3 is 12.2 Å². The molecule has 3 aliphatic heterocycles. The van der Waals surface area contributed by atoms with E-state index in [-0.39, 0.29) is 32.4 Å². The number of hydrogen-bond donors (Lipinski definition) is 3. The number of carbonyl (C=O) groups excluding carboxylic acids is 5. The summed E-state index contributed by atoms with van der Waals surface area (Å²) in [7, 11) is -3.94. The first-order valence-electron chi connectivity index (χ1n) is 17.2. The van der Waals surface area contributed by atoms with E-state index < -0.39 is 92.3 Å². The molecule has 0 bridgehead atoms. The molecule has 0 aromatic heterocycles. The minimum absolute atomic E-state index is 0.0141. The van der Waals surface area contributed by atoms with Crippen molar-refractivity contribution in [3.05, 3.63) is 60.0 Å². The van der Waals surface area contributed by atoms with Crippen LogP contribution in [-0.2, 0) is 47.0 Å². The third kappa shape index (κ3) is 7.60. The van der Waals surface area contributed by atoms with Crippen LogP contribution in [0, 0.1) is 11.7 Å². The second-order valence-electron chi connectivity index (χ2n) is 14.9. The van der Waals surface area contributed by atoms with Crippen molar-refractivity contribution in [3.8, 4) is 0 Å². The molecule has 2 saturated carbocycles. The molecule has 1 aromatic carbocycles. The number of benzene rings is 1. The number of nitrogens with one attached hydrogen (secondary N) is 3. The number of nitrogens with zero attached hydrogens (tertiary/aromatic N) is 2. The minimum Gasteiger partial charge on any atom is -0.444 e. The molecule has 1 saturated heterocycles. The summed E-state index contributed by atoms with van der Waals surface area (Å²) in [6.45, 7) is 8.87. The zero-order valence-corrected chi connectivity index (χ0v) is 29.7. The molecular weight excluding hydrogens is 685 g/mol. The highest BCUT2D eigenvalue weighted by Gasteiger charge is 2.62. The van der Waals surface area contributed by atoms with Crippen molar-refractivity contribution in [2.45, 2.75) is 119 Å². The number of ether oxygens (including phenoxy) is 2. The Balaban J connectivity index is 1.27. The Morgan fingerprint density at radius 3 is 2.49 bits per heavy atom. The van der Waals surface area contributed by atoms with Gasteiger partial charge in [-0.1, -0.05) is 30.4 Å². The summed E-state index contributed by atoms with van der Waals surface area (Å²) in [6, 6.07) is 1.35. The Bertz CT molecular complexity index is 1770. The summed E-state index contributed by atoms with van der Waals surface area (Å²) in [5.74, 6) is -3.29. The first-order chi connectivity index (χ1) is 24.0. The summed E-state index contributed by atoms with van der Waals surface area (Å²) < 4.78 is 53.3. The number of carbonyl (C=O) groups is 5. The topological polar surface area (TPSA) is 181 Å². The number of fused-ring (bicyclic) bond motifs is 2. The Morgan fingerprint density at radius 1 is 1.10 bits per heavy atom. The van der Waals surface area contributed by atoms with E-state index in [0.717, 1.165) is 0 Å². The summed E-state index contributed by atoms with van der Waals surface area (Å²) in [5, 5.41) is 4.67. The van der Waals surface area contributed by atoms with Gasteiger partial charge in [-0.2, -0.15) is 0 Å². The van der Waals surface area contributed by atoms with E-state index in [0.29, 0.717) is 36.8 Å². The molecule has 14 nitrogen and oxygen atoms in total. The monoisotopic (exact) mass is 729 g/mol. The lowest BCUT2D eigenvalue weighted by Crippen LogP contribution is -2.59. The van der Waals surface area contributed by atoms with E-state index in [1.807, 2.05) is 6.08 Å². The van der Waals surface area contributed by atoms with Gasteiger partial charge in [0.25, 0.3) is 5.91 Å². The van der Waals surface area contributed by atoms with Crippen molar-refractivity contribution in [2.75, 3.05) is 0 Å². The molecular formula is C35H44FN5O9S. The maximum atomic E-state index is 14.5. The number of alkyl carbamates (subject to hydrolysis) is 1. The highest BCUT2D eigenvalue weighted by atomic mass is 32.2. The van der Waals surface area contributed by atoms with Crippen LogP contribution in [-0.4, -0.2) is 88.7 Å². The zero-order chi connectivity index (χ0) is 36.9. The van der Waals surface area contributed by atoms with E-state index in [1.165, 1.54) is 21.9 Å². The van der Waals surface area contributed by atoms with Crippen molar-refractivity contribution in [2.24, 2.45) is 5.92 Å². The van der Waals surface area contributed by atoms with Crippen LogP contribution < -0.4 is 15.4 Å². The quantitative estimate of drug-likeness (QED) is 0.339. The predicted octanol–water partition coefficient (Wildman–Crippen LogP) is 2.92. The predicted molar refractivity (Wildman–Crippen MR) is 180 cm³/mol. The van der Waals surface area contributed by atoms with Crippen LogP contribution in [0.2, 0.25) is 0 Å². The largest absolute Gasteiger partial charge is 0.444 e. The van der Waals surface area contributed by atoms with Crippen molar-refractivity contribution in [3.63, 3.8) is 0 Å². The average molecular weight is 730 g/mol. The number of hydrogen-bond acceptors (Lipinski definition) is 9. The van der Waals surface area contributed by atoms with Gasteiger partial charge in [0.05, 0.1) is 17.8 Å². The molecule has 5 aliphatic rings. The summed E-state index contributed by atoms with van der Waals surface area (Å²) in [4.78, 5) is 71.1. The van der Waals surface area contributed by atoms with Gasteiger partial charge in [0.2, 0.25) is 21.8 Å². The van der Waals surface area contributed by atoms with Gasteiger partial charge in [0.15, 0.2) is 0 Å². The Labute approximate surface area is 296 Å². The maximum Gasteiger partial charge on any atom is 0.410 e. The third-order valence-electron chi connectivity index (χ3n) is 9.98. The van der Waals surface area contributed by atoms with Crippen molar-refractivity contribution in [1.29, 1.82) is 0 Å². The van der Waals surface area contributed by atoms with Gasteiger partial charge in [-0.15, -0.1) is 6.58 Å². The first kappa shape index (κ1) is 36.3. The second-order valence-corrected chi connectivity index (χ2v) is 16.8. The average Bonchev–Trinajstić information content (AvgIpc) is 3.94. The molecule has 3 fully saturated rings. The molecule has 3 heterocycles. The molecule has 51 heavy (non-hydrogen) atoms.